The monoisotopic (exact) mass is 313 g/mol. The summed E-state index contributed by atoms with van der Waals surface area (Å²) in [7, 11) is 0. The Labute approximate surface area is 137 Å². The summed E-state index contributed by atoms with van der Waals surface area (Å²) in [6, 6.07) is 16.6. The van der Waals surface area contributed by atoms with Crippen LogP contribution in [-0.2, 0) is 10.5 Å². The summed E-state index contributed by atoms with van der Waals surface area (Å²) in [6.45, 7) is 6.22. The van der Waals surface area contributed by atoms with Crippen LogP contribution in [0.5, 0.6) is 0 Å². The van der Waals surface area contributed by atoms with E-state index in [-0.39, 0.29) is 11.9 Å². The number of aryl methyl sites for hydroxylation is 2. The van der Waals surface area contributed by atoms with Gasteiger partial charge in [0.1, 0.15) is 0 Å². The molecule has 2 nitrogen and oxygen atoms in total. The van der Waals surface area contributed by atoms with E-state index in [1.807, 2.05) is 25.1 Å². The molecule has 116 valence electrons. The van der Waals surface area contributed by atoms with E-state index >= 15 is 0 Å². The minimum absolute atomic E-state index is 0.0467. The Morgan fingerprint density at radius 3 is 2.55 bits per heavy atom. The highest BCUT2D eigenvalue weighted by Crippen LogP contribution is 2.19. The van der Waals surface area contributed by atoms with Crippen molar-refractivity contribution in [2.45, 2.75) is 32.6 Å². The SMILES string of the molecule is Cc1ccc([C@@H](C)NC(=O)CSCc2ccccc2)c(C)c1. The van der Waals surface area contributed by atoms with Gasteiger partial charge >= 0.3 is 0 Å². The first-order chi connectivity index (χ1) is 10.6. The van der Waals surface area contributed by atoms with Gasteiger partial charge in [-0.15, -0.1) is 11.8 Å². The topological polar surface area (TPSA) is 29.1 Å². The summed E-state index contributed by atoms with van der Waals surface area (Å²) in [5, 5.41) is 3.08. The molecule has 0 saturated carbocycles. The van der Waals surface area contributed by atoms with Crippen molar-refractivity contribution in [2.75, 3.05) is 5.75 Å². The van der Waals surface area contributed by atoms with Crippen LogP contribution in [0.2, 0.25) is 0 Å². The maximum absolute atomic E-state index is 12.1. The molecule has 0 fully saturated rings. The highest BCUT2D eigenvalue weighted by molar-refractivity contribution is 7.99. The van der Waals surface area contributed by atoms with Crippen LogP contribution in [0.15, 0.2) is 48.5 Å². The van der Waals surface area contributed by atoms with Gasteiger partial charge in [-0.05, 0) is 37.5 Å². The quantitative estimate of drug-likeness (QED) is 0.855. The third-order valence-corrected chi connectivity index (χ3v) is 4.62. The van der Waals surface area contributed by atoms with Crippen molar-refractivity contribution in [1.82, 2.24) is 5.32 Å². The lowest BCUT2D eigenvalue weighted by Gasteiger charge is -2.17. The van der Waals surface area contributed by atoms with Gasteiger partial charge in [-0.1, -0.05) is 54.1 Å². The molecule has 0 bridgehead atoms. The van der Waals surface area contributed by atoms with Crippen LogP contribution in [0.4, 0.5) is 0 Å². The molecule has 1 amide bonds. The summed E-state index contributed by atoms with van der Waals surface area (Å²) in [5.74, 6) is 1.45. The van der Waals surface area contributed by atoms with Gasteiger partial charge in [0, 0.05) is 5.75 Å². The molecule has 0 unspecified atom stereocenters. The third kappa shape index (κ3) is 4.92. The number of nitrogens with one attached hydrogen (secondary N) is 1. The molecule has 0 aliphatic carbocycles. The van der Waals surface area contributed by atoms with Crippen LogP contribution < -0.4 is 5.32 Å². The van der Waals surface area contributed by atoms with Crippen molar-refractivity contribution in [3.05, 3.63) is 70.8 Å². The lowest BCUT2D eigenvalue weighted by Crippen LogP contribution is -2.28. The molecule has 3 heteroatoms. The second-order valence-electron chi connectivity index (χ2n) is 5.63. The number of carbonyl (C=O) groups excluding carboxylic acids is 1. The van der Waals surface area contributed by atoms with Crippen molar-refractivity contribution in [3.63, 3.8) is 0 Å². The van der Waals surface area contributed by atoms with E-state index in [9.17, 15) is 4.79 Å². The van der Waals surface area contributed by atoms with Crippen LogP contribution >= 0.6 is 11.8 Å². The average Bonchev–Trinajstić information content (AvgIpc) is 2.48. The summed E-state index contributed by atoms with van der Waals surface area (Å²) < 4.78 is 0. The molecule has 0 aromatic heterocycles. The number of benzene rings is 2. The fourth-order valence-electron chi connectivity index (χ4n) is 2.51. The van der Waals surface area contributed by atoms with Crippen LogP contribution in [-0.4, -0.2) is 11.7 Å². The number of thioether (sulfide) groups is 1. The first-order valence-electron chi connectivity index (χ1n) is 7.54. The van der Waals surface area contributed by atoms with Gasteiger partial charge in [-0.3, -0.25) is 4.79 Å². The Bertz CT molecular complexity index is 625. The number of rotatable bonds is 6. The summed E-state index contributed by atoms with van der Waals surface area (Å²) in [6.07, 6.45) is 0. The molecule has 0 aliphatic rings. The summed E-state index contributed by atoms with van der Waals surface area (Å²) >= 11 is 1.65. The second-order valence-corrected chi connectivity index (χ2v) is 6.61. The van der Waals surface area contributed by atoms with E-state index in [0.717, 1.165) is 5.75 Å². The molecular weight excluding hydrogens is 290 g/mol. The van der Waals surface area contributed by atoms with Crippen molar-refractivity contribution < 1.29 is 4.79 Å². The van der Waals surface area contributed by atoms with Gasteiger partial charge in [0.05, 0.1) is 11.8 Å². The third-order valence-electron chi connectivity index (χ3n) is 3.61. The lowest BCUT2D eigenvalue weighted by atomic mass is 10.0. The fourth-order valence-corrected chi connectivity index (χ4v) is 3.31. The van der Waals surface area contributed by atoms with E-state index in [2.05, 4.69) is 49.5 Å². The van der Waals surface area contributed by atoms with E-state index in [4.69, 9.17) is 0 Å². The van der Waals surface area contributed by atoms with E-state index in [1.54, 1.807) is 11.8 Å². The minimum atomic E-state index is 0.0467. The molecule has 0 heterocycles. The van der Waals surface area contributed by atoms with E-state index in [0.29, 0.717) is 5.75 Å². The lowest BCUT2D eigenvalue weighted by molar-refractivity contribution is -0.119. The van der Waals surface area contributed by atoms with Crippen molar-refractivity contribution in [1.29, 1.82) is 0 Å². The van der Waals surface area contributed by atoms with Crippen LogP contribution in [0.3, 0.4) is 0 Å². The van der Waals surface area contributed by atoms with Gasteiger partial charge in [-0.2, -0.15) is 0 Å². The summed E-state index contributed by atoms with van der Waals surface area (Å²) in [5.41, 5.74) is 4.91. The molecule has 0 radical (unpaired) electrons. The maximum Gasteiger partial charge on any atom is 0.230 e. The van der Waals surface area contributed by atoms with E-state index in [1.165, 1.54) is 22.3 Å². The Kier molecular flexibility index (Phi) is 6.08. The van der Waals surface area contributed by atoms with Crippen LogP contribution in [0, 0.1) is 13.8 Å². The molecule has 2 rings (SSSR count). The Morgan fingerprint density at radius 1 is 1.14 bits per heavy atom. The number of amides is 1. The van der Waals surface area contributed by atoms with Crippen molar-refractivity contribution in [3.8, 4) is 0 Å². The van der Waals surface area contributed by atoms with Crippen molar-refractivity contribution in [2.24, 2.45) is 0 Å². The molecule has 1 atom stereocenters. The molecule has 2 aromatic rings. The zero-order valence-electron chi connectivity index (χ0n) is 13.4. The Hall–Kier alpha value is -1.74. The predicted octanol–water partition coefficient (Wildman–Crippen LogP) is 4.41. The Morgan fingerprint density at radius 2 is 1.86 bits per heavy atom. The van der Waals surface area contributed by atoms with Gasteiger partial charge < -0.3 is 5.32 Å². The number of hydrogen-bond donors (Lipinski definition) is 1. The molecule has 22 heavy (non-hydrogen) atoms. The van der Waals surface area contributed by atoms with Gasteiger partial charge in [0.2, 0.25) is 5.91 Å². The molecule has 2 aromatic carbocycles. The van der Waals surface area contributed by atoms with Gasteiger partial charge in [0.15, 0.2) is 0 Å². The smallest absolute Gasteiger partial charge is 0.230 e. The highest BCUT2D eigenvalue weighted by Gasteiger charge is 2.11. The normalized spacial score (nSPS) is 12.0. The van der Waals surface area contributed by atoms with Crippen molar-refractivity contribution >= 4 is 17.7 Å². The molecule has 0 saturated heterocycles. The number of hydrogen-bond acceptors (Lipinski definition) is 2. The molecule has 0 aliphatic heterocycles. The summed E-state index contributed by atoms with van der Waals surface area (Å²) in [4.78, 5) is 12.1. The zero-order chi connectivity index (χ0) is 15.9. The van der Waals surface area contributed by atoms with E-state index < -0.39 is 0 Å². The first-order valence-corrected chi connectivity index (χ1v) is 8.70. The standard InChI is InChI=1S/C19H23NOS/c1-14-9-10-18(15(2)11-14)16(3)20-19(21)13-22-12-17-7-5-4-6-8-17/h4-11,16H,12-13H2,1-3H3,(H,20,21)/t16-/m1/s1. The first kappa shape index (κ1) is 16.6. The fraction of sp³-hybridized carbons (Fsp3) is 0.316. The highest BCUT2D eigenvalue weighted by atomic mass is 32.2. The zero-order valence-corrected chi connectivity index (χ0v) is 14.2. The Balaban J connectivity index is 1.81. The maximum atomic E-state index is 12.1. The van der Waals surface area contributed by atoms with Crippen LogP contribution in [0.1, 0.15) is 35.2 Å². The number of carbonyl (C=O) groups is 1. The average molecular weight is 313 g/mol. The largest absolute Gasteiger partial charge is 0.349 e. The molecule has 1 N–H and O–H groups in total. The minimum Gasteiger partial charge on any atom is -0.349 e. The molecular formula is C19H23NOS. The van der Waals surface area contributed by atoms with Gasteiger partial charge in [-0.25, -0.2) is 0 Å². The second kappa shape index (κ2) is 8.04. The molecule has 0 spiro atoms. The predicted molar refractivity (Wildman–Crippen MR) is 95.1 cm³/mol. The van der Waals surface area contributed by atoms with Gasteiger partial charge in [0.25, 0.3) is 0 Å². The van der Waals surface area contributed by atoms with Crippen LogP contribution in [0.25, 0.3) is 0 Å².